The van der Waals surface area contributed by atoms with E-state index in [0.717, 1.165) is 11.4 Å². The molecule has 3 rings (SSSR count). The van der Waals surface area contributed by atoms with E-state index >= 15 is 0 Å². The Labute approximate surface area is 141 Å². The summed E-state index contributed by atoms with van der Waals surface area (Å²) < 4.78 is 10.7. The summed E-state index contributed by atoms with van der Waals surface area (Å²) in [5, 5.41) is 15.6. The Bertz CT molecular complexity index is 845. The quantitative estimate of drug-likeness (QED) is 0.732. The summed E-state index contributed by atoms with van der Waals surface area (Å²) in [4.78, 5) is 16.2. The van der Waals surface area contributed by atoms with E-state index in [1.807, 2.05) is 13.0 Å². The number of amides is 1. The van der Waals surface area contributed by atoms with Gasteiger partial charge in [0.15, 0.2) is 12.4 Å². The van der Waals surface area contributed by atoms with Crippen molar-refractivity contribution in [2.24, 2.45) is 0 Å². The average molecular weight is 345 g/mol. The molecule has 0 aliphatic carbocycles. The van der Waals surface area contributed by atoms with Crippen LogP contribution in [0, 0.1) is 6.92 Å². The fourth-order valence-electron chi connectivity index (χ4n) is 1.92. The Kier molecular flexibility index (Phi) is 4.80. The van der Waals surface area contributed by atoms with E-state index < -0.39 is 0 Å². The Balaban J connectivity index is 1.65. The minimum absolute atomic E-state index is 0.162. The third-order valence-corrected chi connectivity index (χ3v) is 4.00. The van der Waals surface area contributed by atoms with Crippen LogP contribution in [0.3, 0.4) is 0 Å². The highest BCUT2D eigenvalue weighted by Crippen LogP contribution is 2.28. The largest absolute Gasteiger partial charge is 0.483 e. The van der Waals surface area contributed by atoms with E-state index in [-0.39, 0.29) is 12.5 Å². The maximum Gasteiger partial charge on any atom is 0.264 e. The molecule has 0 saturated heterocycles. The van der Waals surface area contributed by atoms with Crippen LogP contribution in [-0.4, -0.2) is 32.9 Å². The Morgan fingerprint density at radius 3 is 2.88 bits per heavy atom. The van der Waals surface area contributed by atoms with Crippen molar-refractivity contribution in [2.75, 3.05) is 11.9 Å². The average Bonchev–Trinajstić information content (AvgIpc) is 3.22. The standard InChI is InChI=1S/C15H15N5O3S/c1-3-13-18-19-15(24-13)17-12(21)8-22-11-7-5-4-6-10(11)14-16-9(2)20-23-14/h4-7H,3,8H2,1-2H3,(H,17,19,21). The number of aromatic nitrogens is 4. The van der Waals surface area contributed by atoms with Crippen LogP contribution in [0.2, 0.25) is 0 Å². The maximum atomic E-state index is 12.0. The summed E-state index contributed by atoms with van der Waals surface area (Å²) in [6, 6.07) is 7.16. The van der Waals surface area contributed by atoms with Crippen molar-refractivity contribution in [3.63, 3.8) is 0 Å². The number of ether oxygens (including phenoxy) is 1. The number of carbonyl (C=O) groups is 1. The molecule has 2 aromatic heterocycles. The minimum atomic E-state index is -0.315. The first-order valence-electron chi connectivity index (χ1n) is 7.30. The highest BCUT2D eigenvalue weighted by Gasteiger charge is 2.14. The Morgan fingerprint density at radius 2 is 2.17 bits per heavy atom. The lowest BCUT2D eigenvalue weighted by Crippen LogP contribution is -2.20. The van der Waals surface area contributed by atoms with Gasteiger partial charge >= 0.3 is 0 Å². The van der Waals surface area contributed by atoms with Crippen molar-refractivity contribution in [3.8, 4) is 17.2 Å². The number of aryl methyl sites for hydroxylation is 2. The normalized spacial score (nSPS) is 10.6. The number of benzene rings is 1. The molecule has 9 heteroatoms. The van der Waals surface area contributed by atoms with Gasteiger partial charge in [-0.1, -0.05) is 35.5 Å². The Morgan fingerprint density at radius 1 is 1.33 bits per heavy atom. The number of hydrogen-bond donors (Lipinski definition) is 1. The lowest BCUT2D eigenvalue weighted by atomic mass is 10.2. The highest BCUT2D eigenvalue weighted by molar-refractivity contribution is 7.15. The molecule has 0 bridgehead atoms. The van der Waals surface area contributed by atoms with Gasteiger partial charge in [-0.25, -0.2) is 0 Å². The van der Waals surface area contributed by atoms with Crippen LogP contribution in [0.1, 0.15) is 17.8 Å². The van der Waals surface area contributed by atoms with E-state index in [2.05, 4.69) is 25.7 Å². The van der Waals surface area contributed by atoms with Crippen LogP contribution in [0.25, 0.3) is 11.5 Å². The third-order valence-electron chi connectivity index (χ3n) is 3.02. The number of hydrogen-bond acceptors (Lipinski definition) is 8. The van der Waals surface area contributed by atoms with Crippen LogP contribution in [-0.2, 0) is 11.2 Å². The minimum Gasteiger partial charge on any atom is -0.483 e. The van der Waals surface area contributed by atoms with E-state index in [9.17, 15) is 4.79 Å². The van der Waals surface area contributed by atoms with Gasteiger partial charge in [-0.15, -0.1) is 10.2 Å². The van der Waals surface area contributed by atoms with Crippen molar-refractivity contribution >= 4 is 22.4 Å². The number of carbonyl (C=O) groups excluding carboxylic acids is 1. The van der Waals surface area contributed by atoms with Crippen molar-refractivity contribution in [2.45, 2.75) is 20.3 Å². The van der Waals surface area contributed by atoms with Gasteiger partial charge in [0.1, 0.15) is 10.8 Å². The van der Waals surface area contributed by atoms with Crippen molar-refractivity contribution in [1.29, 1.82) is 0 Å². The van der Waals surface area contributed by atoms with Crippen LogP contribution >= 0.6 is 11.3 Å². The molecule has 8 nitrogen and oxygen atoms in total. The summed E-state index contributed by atoms with van der Waals surface area (Å²) in [5.41, 5.74) is 0.634. The van der Waals surface area contributed by atoms with Crippen LogP contribution in [0.4, 0.5) is 5.13 Å². The van der Waals surface area contributed by atoms with Gasteiger partial charge in [0.25, 0.3) is 11.8 Å². The maximum absolute atomic E-state index is 12.0. The fraction of sp³-hybridized carbons (Fsp3) is 0.267. The number of para-hydroxylation sites is 1. The van der Waals surface area contributed by atoms with Crippen molar-refractivity contribution < 1.29 is 14.1 Å². The summed E-state index contributed by atoms with van der Waals surface area (Å²) in [7, 11) is 0. The molecule has 1 amide bonds. The molecular formula is C15H15N5O3S. The summed E-state index contributed by atoms with van der Waals surface area (Å²) in [6.07, 6.45) is 0.779. The fourth-order valence-corrected chi connectivity index (χ4v) is 2.62. The molecule has 0 aliphatic rings. The Hall–Kier alpha value is -2.81. The van der Waals surface area contributed by atoms with Crippen molar-refractivity contribution in [1.82, 2.24) is 20.3 Å². The first kappa shape index (κ1) is 16.1. The molecule has 0 aliphatic heterocycles. The number of nitrogens with one attached hydrogen (secondary N) is 1. The van der Waals surface area contributed by atoms with Gasteiger partial charge in [0.05, 0.1) is 5.56 Å². The first-order chi connectivity index (χ1) is 11.7. The number of nitrogens with zero attached hydrogens (tertiary/aromatic N) is 4. The predicted octanol–water partition coefficient (Wildman–Crippen LogP) is 2.48. The zero-order chi connectivity index (χ0) is 16.9. The zero-order valence-corrected chi connectivity index (χ0v) is 14.0. The van der Waals surface area contributed by atoms with Gasteiger partial charge in [-0.3, -0.25) is 10.1 Å². The molecule has 0 fully saturated rings. The lowest BCUT2D eigenvalue weighted by molar-refractivity contribution is -0.118. The summed E-state index contributed by atoms with van der Waals surface area (Å²) >= 11 is 1.34. The molecule has 2 heterocycles. The molecule has 1 N–H and O–H groups in total. The summed E-state index contributed by atoms with van der Waals surface area (Å²) in [6.45, 7) is 3.55. The molecule has 0 atom stereocenters. The molecule has 24 heavy (non-hydrogen) atoms. The second kappa shape index (κ2) is 7.18. The second-order valence-electron chi connectivity index (χ2n) is 4.83. The SMILES string of the molecule is CCc1nnc(NC(=O)COc2ccccc2-c2nc(C)no2)s1. The smallest absolute Gasteiger partial charge is 0.264 e. The van der Waals surface area contributed by atoms with E-state index in [1.165, 1.54) is 11.3 Å². The van der Waals surface area contributed by atoms with Crippen molar-refractivity contribution in [3.05, 3.63) is 35.1 Å². The molecule has 124 valence electrons. The molecular weight excluding hydrogens is 330 g/mol. The molecule has 3 aromatic rings. The van der Waals surface area contributed by atoms with Gasteiger partial charge in [0.2, 0.25) is 5.13 Å². The molecule has 0 spiro atoms. The highest BCUT2D eigenvalue weighted by atomic mass is 32.1. The van der Waals surface area contributed by atoms with Crippen LogP contribution in [0.5, 0.6) is 5.75 Å². The predicted molar refractivity (Wildman–Crippen MR) is 87.9 cm³/mol. The molecule has 0 saturated carbocycles. The van der Waals surface area contributed by atoms with Gasteiger partial charge in [0, 0.05) is 0 Å². The molecule has 1 aromatic carbocycles. The molecule has 0 unspecified atom stereocenters. The lowest BCUT2D eigenvalue weighted by Gasteiger charge is -2.08. The van der Waals surface area contributed by atoms with E-state index in [0.29, 0.717) is 28.2 Å². The molecule has 0 radical (unpaired) electrons. The second-order valence-corrected chi connectivity index (χ2v) is 5.90. The van der Waals surface area contributed by atoms with Gasteiger partial charge in [-0.05, 0) is 25.5 Å². The van der Waals surface area contributed by atoms with E-state index in [1.54, 1.807) is 25.1 Å². The van der Waals surface area contributed by atoms with Crippen LogP contribution in [0.15, 0.2) is 28.8 Å². The van der Waals surface area contributed by atoms with Gasteiger partial charge in [-0.2, -0.15) is 4.98 Å². The van der Waals surface area contributed by atoms with Gasteiger partial charge < -0.3 is 9.26 Å². The summed E-state index contributed by atoms with van der Waals surface area (Å²) in [5.74, 6) is 1.05. The topological polar surface area (TPSA) is 103 Å². The first-order valence-corrected chi connectivity index (χ1v) is 8.12. The monoisotopic (exact) mass is 345 g/mol. The third kappa shape index (κ3) is 3.74. The number of rotatable bonds is 6. The van der Waals surface area contributed by atoms with E-state index in [4.69, 9.17) is 9.26 Å². The van der Waals surface area contributed by atoms with Crippen LogP contribution < -0.4 is 10.1 Å². The number of anilines is 1. The zero-order valence-electron chi connectivity index (χ0n) is 13.1.